The Balaban J connectivity index is 2.29. The van der Waals surface area contributed by atoms with Gasteiger partial charge in [0.15, 0.2) is 5.71 Å². The van der Waals surface area contributed by atoms with Gasteiger partial charge in [-0.15, -0.1) is 0 Å². The molecule has 2 rings (SSSR count). The van der Waals surface area contributed by atoms with Gasteiger partial charge in [0.25, 0.3) is 10.1 Å². The maximum absolute atomic E-state index is 10.9. The number of nitrogens with zero attached hydrogens (tertiary/aromatic N) is 1. The van der Waals surface area contributed by atoms with Crippen LogP contribution in [-0.4, -0.2) is 35.6 Å². The van der Waals surface area contributed by atoms with Crippen molar-refractivity contribution in [3.05, 3.63) is 59.9 Å². The van der Waals surface area contributed by atoms with E-state index >= 15 is 0 Å². The third-order valence-corrected chi connectivity index (χ3v) is 5.84. The van der Waals surface area contributed by atoms with Gasteiger partial charge in [-0.05, 0) is 38.3 Å². The van der Waals surface area contributed by atoms with E-state index in [0.717, 1.165) is 18.5 Å². The lowest BCUT2D eigenvalue weighted by molar-refractivity contribution is -0.471. The van der Waals surface area contributed by atoms with E-state index in [1.165, 1.54) is 17.0 Å². The topological polar surface area (TPSA) is 57.4 Å². The molecule has 136 valence electrons. The predicted molar refractivity (Wildman–Crippen MR) is 103 cm³/mol. The van der Waals surface area contributed by atoms with E-state index in [4.69, 9.17) is 4.55 Å². The summed E-state index contributed by atoms with van der Waals surface area (Å²) in [5, 5.41) is 0. The Bertz CT molecular complexity index is 806. The van der Waals surface area contributed by atoms with Gasteiger partial charge in [-0.25, -0.2) is 0 Å². The van der Waals surface area contributed by atoms with E-state index in [9.17, 15) is 8.42 Å². The largest absolute Gasteiger partial charge is 0.286 e. The van der Waals surface area contributed by atoms with Crippen molar-refractivity contribution >= 4 is 15.8 Å². The molecule has 0 aromatic carbocycles. The molecular weight excluding hydrogens is 334 g/mol. The molecule has 0 aromatic heterocycles. The zero-order valence-electron chi connectivity index (χ0n) is 15.3. The Labute approximate surface area is 151 Å². The SMILES string of the molecule is C=C1/C=C\C=C/CC2=C(/C=C\1)[N+](CCCCS(=O)(=O)O)=C(C)C2(C)C. The van der Waals surface area contributed by atoms with Gasteiger partial charge in [0.2, 0.25) is 5.70 Å². The van der Waals surface area contributed by atoms with Crippen molar-refractivity contribution in [1.29, 1.82) is 0 Å². The highest BCUT2D eigenvalue weighted by Gasteiger charge is 2.43. The van der Waals surface area contributed by atoms with E-state index in [0.29, 0.717) is 12.8 Å². The summed E-state index contributed by atoms with van der Waals surface area (Å²) in [6, 6.07) is 0. The molecule has 0 saturated heterocycles. The van der Waals surface area contributed by atoms with Crippen LogP contribution >= 0.6 is 0 Å². The van der Waals surface area contributed by atoms with E-state index in [-0.39, 0.29) is 11.2 Å². The molecule has 1 heterocycles. The van der Waals surface area contributed by atoms with Crippen LogP contribution in [0.5, 0.6) is 0 Å². The average molecular weight is 363 g/mol. The molecule has 0 saturated carbocycles. The van der Waals surface area contributed by atoms with Crippen molar-refractivity contribution in [2.75, 3.05) is 12.3 Å². The molecule has 0 amide bonds. The summed E-state index contributed by atoms with van der Waals surface area (Å²) in [6.07, 6.45) is 14.4. The van der Waals surface area contributed by atoms with Crippen LogP contribution in [0.25, 0.3) is 0 Å². The number of unbranched alkanes of at least 4 members (excludes halogenated alkanes) is 1. The first-order chi connectivity index (χ1) is 11.6. The molecule has 1 aliphatic carbocycles. The molecule has 1 N–H and O–H groups in total. The summed E-state index contributed by atoms with van der Waals surface area (Å²) in [6.45, 7) is 11.4. The van der Waals surface area contributed by atoms with Crippen LogP contribution in [0.2, 0.25) is 0 Å². The van der Waals surface area contributed by atoms with Crippen molar-refractivity contribution in [2.45, 2.75) is 40.0 Å². The van der Waals surface area contributed by atoms with E-state index in [1.807, 2.05) is 18.2 Å². The van der Waals surface area contributed by atoms with Gasteiger partial charge >= 0.3 is 0 Å². The summed E-state index contributed by atoms with van der Waals surface area (Å²) in [5.74, 6) is -0.185. The molecule has 0 fully saturated rings. The fourth-order valence-electron chi connectivity index (χ4n) is 3.30. The lowest BCUT2D eigenvalue weighted by Gasteiger charge is -2.18. The zero-order valence-corrected chi connectivity index (χ0v) is 16.1. The molecule has 0 unspecified atom stereocenters. The minimum atomic E-state index is -3.89. The van der Waals surface area contributed by atoms with Crippen molar-refractivity contribution in [1.82, 2.24) is 0 Å². The lowest BCUT2D eigenvalue weighted by atomic mass is 9.79. The highest BCUT2D eigenvalue weighted by molar-refractivity contribution is 7.85. The van der Waals surface area contributed by atoms with Gasteiger partial charge in [0.05, 0.1) is 11.2 Å². The van der Waals surface area contributed by atoms with E-state index in [2.05, 4.69) is 50.2 Å². The van der Waals surface area contributed by atoms with E-state index < -0.39 is 10.1 Å². The summed E-state index contributed by atoms with van der Waals surface area (Å²) in [7, 11) is -3.89. The highest BCUT2D eigenvalue weighted by atomic mass is 32.2. The van der Waals surface area contributed by atoms with Crippen molar-refractivity contribution in [3.8, 4) is 0 Å². The molecule has 0 spiro atoms. The van der Waals surface area contributed by atoms with Gasteiger partial charge in [0, 0.05) is 25.0 Å². The minimum absolute atomic E-state index is 0.0443. The minimum Gasteiger partial charge on any atom is -0.286 e. The molecule has 25 heavy (non-hydrogen) atoms. The average Bonchev–Trinajstić information content (AvgIpc) is 2.69. The first kappa shape index (κ1) is 19.6. The van der Waals surface area contributed by atoms with E-state index in [1.54, 1.807) is 0 Å². The molecule has 0 radical (unpaired) electrons. The summed E-state index contributed by atoms with van der Waals surface area (Å²) in [4.78, 5) is 0. The molecule has 0 bridgehead atoms. The van der Waals surface area contributed by atoms with Gasteiger partial charge in [-0.3, -0.25) is 4.55 Å². The van der Waals surface area contributed by atoms with Gasteiger partial charge in [0.1, 0.15) is 6.54 Å². The summed E-state index contributed by atoms with van der Waals surface area (Å²) >= 11 is 0. The Morgan fingerprint density at radius 3 is 2.60 bits per heavy atom. The van der Waals surface area contributed by atoms with Gasteiger partial charge in [-0.1, -0.05) is 30.9 Å². The highest BCUT2D eigenvalue weighted by Crippen LogP contribution is 2.40. The number of hydrogen-bond donors (Lipinski definition) is 1. The lowest BCUT2D eigenvalue weighted by Crippen LogP contribution is -2.25. The van der Waals surface area contributed by atoms with Crippen LogP contribution in [0.3, 0.4) is 0 Å². The third-order valence-electron chi connectivity index (χ3n) is 5.03. The van der Waals surface area contributed by atoms with Crippen LogP contribution in [0.4, 0.5) is 0 Å². The normalized spacial score (nSPS) is 24.2. The molecule has 0 atom stereocenters. The van der Waals surface area contributed by atoms with Crippen molar-refractivity contribution in [2.24, 2.45) is 5.41 Å². The first-order valence-electron chi connectivity index (χ1n) is 8.63. The fourth-order valence-corrected chi connectivity index (χ4v) is 3.87. The number of allylic oxidation sites excluding steroid dienone is 8. The second-order valence-corrected chi connectivity index (χ2v) is 8.69. The zero-order chi connectivity index (χ0) is 18.7. The molecular formula is C20H28NO3S+. The second kappa shape index (κ2) is 7.67. The maximum Gasteiger partial charge on any atom is 0.264 e. The predicted octanol–water partition coefficient (Wildman–Crippen LogP) is 4.05. The molecule has 1 aliphatic heterocycles. The van der Waals surface area contributed by atoms with Crippen LogP contribution in [0.1, 0.15) is 40.0 Å². The van der Waals surface area contributed by atoms with Crippen LogP contribution < -0.4 is 0 Å². The molecule has 2 aliphatic rings. The molecule has 0 aromatic rings. The fraction of sp³-hybridized carbons (Fsp3) is 0.450. The third kappa shape index (κ3) is 4.89. The Morgan fingerprint density at radius 1 is 1.20 bits per heavy atom. The van der Waals surface area contributed by atoms with Gasteiger partial charge in [-0.2, -0.15) is 13.0 Å². The summed E-state index contributed by atoms with van der Waals surface area (Å²) < 4.78 is 33.0. The van der Waals surface area contributed by atoms with Crippen LogP contribution in [0.15, 0.2) is 59.9 Å². The Kier molecular flexibility index (Phi) is 6.01. The summed E-state index contributed by atoms with van der Waals surface area (Å²) in [5.41, 5.74) is 4.69. The van der Waals surface area contributed by atoms with Crippen LogP contribution in [0, 0.1) is 5.41 Å². The van der Waals surface area contributed by atoms with Gasteiger partial charge < -0.3 is 0 Å². The maximum atomic E-state index is 10.9. The Morgan fingerprint density at radius 2 is 1.92 bits per heavy atom. The molecule has 5 heteroatoms. The number of rotatable bonds is 5. The quantitative estimate of drug-likeness (QED) is 0.456. The number of hydrogen-bond acceptors (Lipinski definition) is 2. The monoisotopic (exact) mass is 362 g/mol. The molecule has 4 nitrogen and oxygen atoms in total. The second-order valence-electron chi connectivity index (χ2n) is 7.12. The van der Waals surface area contributed by atoms with Crippen LogP contribution in [-0.2, 0) is 10.1 Å². The van der Waals surface area contributed by atoms with Crippen molar-refractivity contribution < 1.29 is 17.5 Å². The Hall–Kier alpha value is -1.72. The standard InChI is InChI=1S/C20H27NO3S/c1-16-10-6-5-7-11-18-19(13-12-16)21(17(2)20(18,3)4)14-8-9-15-25(22,23)24/h5-7,10,12-13H,1,8-9,11,14-15H2,2-4H3/p+1/b7-5-,10-6-,13-12-. The van der Waals surface area contributed by atoms with Crippen molar-refractivity contribution in [3.63, 3.8) is 0 Å². The first-order valence-corrected chi connectivity index (χ1v) is 10.2. The smallest absolute Gasteiger partial charge is 0.264 e.